The van der Waals surface area contributed by atoms with Crippen molar-refractivity contribution < 1.29 is 4.57 Å². The maximum atomic E-state index is 4.60. The fraction of sp³-hybridized carbons (Fsp3) is 0.200. The molecule has 2 heteroatoms. The minimum Gasteiger partial charge on any atom is -0.256 e. The van der Waals surface area contributed by atoms with Crippen molar-refractivity contribution in [3.05, 3.63) is 71.0 Å². The van der Waals surface area contributed by atoms with Gasteiger partial charge in [0.05, 0.1) is 5.69 Å². The zero-order valence-corrected chi connectivity index (χ0v) is 13.2. The Morgan fingerprint density at radius 1 is 1.00 bits per heavy atom. The van der Waals surface area contributed by atoms with Crippen LogP contribution in [0.15, 0.2) is 48.8 Å². The quantitative estimate of drug-likeness (QED) is 0.487. The molecule has 0 atom stereocenters. The van der Waals surface area contributed by atoms with Crippen LogP contribution in [0.25, 0.3) is 22.5 Å². The van der Waals surface area contributed by atoms with Gasteiger partial charge in [-0.3, -0.25) is 4.98 Å². The third kappa shape index (κ3) is 1.95. The molecule has 22 heavy (non-hydrogen) atoms. The van der Waals surface area contributed by atoms with E-state index in [1.54, 1.807) is 0 Å². The number of pyridine rings is 2. The molecule has 0 unspecified atom stereocenters. The van der Waals surface area contributed by atoms with Crippen LogP contribution in [0.4, 0.5) is 0 Å². The van der Waals surface area contributed by atoms with Crippen molar-refractivity contribution in [2.24, 2.45) is 7.05 Å². The number of hydrogen-bond acceptors (Lipinski definition) is 1. The predicted molar refractivity (Wildman–Crippen MR) is 88.6 cm³/mol. The molecule has 0 fully saturated rings. The third-order valence-electron chi connectivity index (χ3n) is 4.55. The lowest BCUT2D eigenvalue weighted by Gasteiger charge is -2.08. The molecule has 1 aliphatic carbocycles. The Balaban J connectivity index is 1.96. The topological polar surface area (TPSA) is 16.8 Å². The molecule has 4 rings (SSSR count). The Morgan fingerprint density at radius 2 is 1.86 bits per heavy atom. The number of hydrogen-bond donors (Lipinski definition) is 0. The summed E-state index contributed by atoms with van der Waals surface area (Å²) >= 11 is 0. The number of fused-ring (bicyclic) bond motifs is 3. The van der Waals surface area contributed by atoms with E-state index in [1.807, 2.05) is 12.3 Å². The molecule has 1 aromatic carbocycles. The molecule has 108 valence electrons. The van der Waals surface area contributed by atoms with E-state index >= 15 is 0 Å². The van der Waals surface area contributed by atoms with Crippen molar-refractivity contribution in [3.8, 4) is 22.5 Å². The summed E-state index contributed by atoms with van der Waals surface area (Å²) in [6.07, 6.45) is 5.13. The van der Waals surface area contributed by atoms with E-state index in [2.05, 4.69) is 67.0 Å². The van der Waals surface area contributed by atoms with Gasteiger partial charge in [-0.1, -0.05) is 23.8 Å². The van der Waals surface area contributed by atoms with Crippen LogP contribution in [0, 0.1) is 13.8 Å². The van der Waals surface area contributed by atoms with Crippen LogP contribution in [-0.2, 0) is 13.5 Å². The van der Waals surface area contributed by atoms with E-state index < -0.39 is 0 Å². The van der Waals surface area contributed by atoms with E-state index in [-0.39, 0.29) is 0 Å². The van der Waals surface area contributed by atoms with Gasteiger partial charge in [-0.2, -0.15) is 0 Å². The van der Waals surface area contributed by atoms with Crippen LogP contribution in [0.5, 0.6) is 0 Å². The Morgan fingerprint density at radius 3 is 2.73 bits per heavy atom. The van der Waals surface area contributed by atoms with Gasteiger partial charge in [-0.15, -0.1) is 0 Å². The van der Waals surface area contributed by atoms with Crippen LogP contribution in [0.3, 0.4) is 0 Å². The standard InChI is InChI=1S/C20H19N2/c1-13-6-7-14(2)17(9-13)19-11-18-16(12-22(19)3)10-15-5-4-8-21-20(15)18/h4-9,11-12H,10H2,1-3H3/q+1. The van der Waals surface area contributed by atoms with Gasteiger partial charge in [0.25, 0.3) is 0 Å². The van der Waals surface area contributed by atoms with Gasteiger partial charge >= 0.3 is 0 Å². The van der Waals surface area contributed by atoms with Gasteiger partial charge in [0, 0.05) is 35.4 Å². The van der Waals surface area contributed by atoms with Crippen molar-refractivity contribution in [2.75, 3.05) is 0 Å². The Hall–Kier alpha value is -2.48. The Kier molecular flexibility index (Phi) is 2.86. The highest BCUT2D eigenvalue weighted by Crippen LogP contribution is 2.36. The van der Waals surface area contributed by atoms with E-state index in [4.69, 9.17) is 0 Å². The van der Waals surface area contributed by atoms with Gasteiger partial charge < -0.3 is 0 Å². The first kappa shape index (κ1) is 13.2. The van der Waals surface area contributed by atoms with Crippen LogP contribution in [-0.4, -0.2) is 4.98 Å². The number of benzene rings is 1. The molecule has 0 saturated carbocycles. The fourth-order valence-corrected chi connectivity index (χ4v) is 3.37. The molecule has 0 radical (unpaired) electrons. The van der Waals surface area contributed by atoms with Crippen LogP contribution in [0.2, 0.25) is 0 Å². The molecule has 0 spiro atoms. The minimum atomic E-state index is 0.986. The first-order chi connectivity index (χ1) is 10.6. The van der Waals surface area contributed by atoms with Gasteiger partial charge in [0.1, 0.15) is 7.05 Å². The summed E-state index contributed by atoms with van der Waals surface area (Å²) in [5, 5.41) is 0. The minimum absolute atomic E-state index is 0.986. The second kappa shape index (κ2) is 4.77. The largest absolute Gasteiger partial charge is 0.256 e. The highest BCUT2D eigenvalue weighted by molar-refractivity contribution is 5.76. The molecule has 0 bridgehead atoms. The molecule has 0 aliphatic heterocycles. The third-order valence-corrected chi connectivity index (χ3v) is 4.55. The van der Waals surface area contributed by atoms with E-state index in [1.165, 1.54) is 39.1 Å². The van der Waals surface area contributed by atoms with E-state index in [0.717, 1.165) is 12.1 Å². The zero-order chi connectivity index (χ0) is 15.3. The predicted octanol–water partition coefficient (Wildman–Crippen LogP) is 3.76. The van der Waals surface area contributed by atoms with Crippen LogP contribution < -0.4 is 4.57 Å². The summed E-state index contributed by atoms with van der Waals surface area (Å²) in [4.78, 5) is 4.60. The molecule has 1 aliphatic rings. The summed E-state index contributed by atoms with van der Waals surface area (Å²) in [7, 11) is 2.13. The van der Waals surface area contributed by atoms with E-state index in [0.29, 0.717) is 0 Å². The monoisotopic (exact) mass is 287 g/mol. The fourth-order valence-electron chi connectivity index (χ4n) is 3.37. The van der Waals surface area contributed by atoms with Gasteiger partial charge in [0.2, 0.25) is 5.69 Å². The average Bonchev–Trinajstić information content (AvgIpc) is 2.86. The van der Waals surface area contributed by atoms with Gasteiger partial charge in [-0.05, 0) is 37.1 Å². The SMILES string of the molecule is Cc1ccc(C)c(-c2cc3c(c[n+]2C)Cc2cccnc2-3)c1. The molecule has 3 aromatic rings. The average molecular weight is 287 g/mol. The van der Waals surface area contributed by atoms with Crippen molar-refractivity contribution in [1.82, 2.24) is 4.98 Å². The second-order valence-corrected chi connectivity index (χ2v) is 6.21. The maximum Gasteiger partial charge on any atom is 0.213 e. The molecule has 0 N–H and O–H groups in total. The second-order valence-electron chi connectivity index (χ2n) is 6.21. The summed E-state index contributed by atoms with van der Waals surface area (Å²) in [6, 6.07) is 13.1. The molecular formula is C20H19N2+. The summed E-state index contributed by atoms with van der Waals surface area (Å²) in [5.41, 5.74) is 10.3. The van der Waals surface area contributed by atoms with Gasteiger partial charge in [-0.25, -0.2) is 4.57 Å². The van der Waals surface area contributed by atoms with Crippen LogP contribution >= 0.6 is 0 Å². The maximum absolute atomic E-state index is 4.60. The van der Waals surface area contributed by atoms with Crippen molar-refractivity contribution in [1.29, 1.82) is 0 Å². The molecule has 2 aromatic heterocycles. The Labute approximate surface area is 131 Å². The lowest BCUT2D eigenvalue weighted by molar-refractivity contribution is -0.660. The molecule has 0 amide bonds. The molecule has 2 nitrogen and oxygen atoms in total. The van der Waals surface area contributed by atoms with Gasteiger partial charge in [0.15, 0.2) is 6.20 Å². The lowest BCUT2D eigenvalue weighted by atomic mass is 10.00. The van der Waals surface area contributed by atoms with Crippen molar-refractivity contribution in [3.63, 3.8) is 0 Å². The first-order valence-corrected chi connectivity index (χ1v) is 7.68. The van der Waals surface area contributed by atoms with E-state index in [9.17, 15) is 0 Å². The smallest absolute Gasteiger partial charge is 0.213 e. The first-order valence-electron chi connectivity index (χ1n) is 7.68. The number of aromatic nitrogens is 2. The van der Waals surface area contributed by atoms with Crippen LogP contribution in [0.1, 0.15) is 22.3 Å². The summed E-state index contributed by atoms with van der Waals surface area (Å²) in [6.45, 7) is 4.32. The summed E-state index contributed by atoms with van der Waals surface area (Å²) < 4.78 is 2.24. The summed E-state index contributed by atoms with van der Waals surface area (Å²) in [5.74, 6) is 0. The zero-order valence-electron chi connectivity index (χ0n) is 13.2. The normalized spacial score (nSPS) is 12.1. The number of aryl methyl sites for hydroxylation is 3. The Bertz CT molecular complexity index is 894. The van der Waals surface area contributed by atoms with Crippen molar-refractivity contribution in [2.45, 2.75) is 20.3 Å². The number of nitrogens with zero attached hydrogens (tertiary/aromatic N) is 2. The highest BCUT2D eigenvalue weighted by Gasteiger charge is 2.25. The lowest BCUT2D eigenvalue weighted by Crippen LogP contribution is -2.31. The molecule has 0 saturated heterocycles. The van der Waals surface area contributed by atoms with Crippen molar-refractivity contribution >= 4 is 0 Å². The molecular weight excluding hydrogens is 268 g/mol. The number of rotatable bonds is 1. The highest BCUT2D eigenvalue weighted by atomic mass is 14.9. The molecule has 2 heterocycles.